The van der Waals surface area contributed by atoms with Gasteiger partial charge in [0.15, 0.2) is 5.60 Å². The maximum atomic E-state index is 13.8. The van der Waals surface area contributed by atoms with E-state index < -0.39 is 23.2 Å². The third-order valence-corrected chi connectivity index (χ3v) is 14.6. The Morgan fingerprint density at radius 1 is 0.972 bits per heavy atom. The molecule has 0 aromatic rings. The molecule has 0 aromatic heterocycles. The van der Waals surface area contributed by atoms with Gasteiger partial charge in [0, 0.05) is 16.7 Å². The van der Waals surface area contributed by atoms with E-state index in [2.05, 4.69) is 34.6 Å². The average molecular weight is 503 g/mol. The Morgan fingerprint density at radius 3 is 2.39 bits per heavy atom. The minimum Gasteiger partial charge on any atom is -0.455 e. The van der Waals surface area contributed by atoms with Gasteiger partial charge in [-0.2, -0.15) is 0 Å². The highest BCUT2D eigenvalue weighted by molar-refractivity contribution is 5.82. The predicted octanol–water partition coefficient (Wildman–Crippen LogP) is 3.69. The fraction of sp³-hybridized carbons (Fsp3) is 0.967. The van der Waals surface area contributed by atoms with E-state index in [-0.39, 0.29) is 64.2 Å². The summed E-state index contributed by atoms with van der Waals surface area (Å²) >= 11 is 0. The highest BCUT2D eigenvalue weighted by Gasteiger charge is 2.89. The van der Waals surface area contributed by atoms with Crippen molar-refractivity contribution in [2.75, 3.05) is 6.61 Å². The maximum absolute atomic E-state index is 13.8. The van der Waals surface area contributed by atoms with Gasteiger partial charge in [-0.1, -0.05) is 41.5 Å². The van der Waals surface area contributed by atoms with Crippen LogP contribution < -0.4 is 0 Å². The van der Waals surface area contributed by atoms with Crippen LogP contribution in [0.2, 0.25) is 0 Å². The van der Waals surface area contributed by atoms with E-state index in [9.17, 15) is 20.1 Å². The Bertz CT molecular complexity index is 1020. The van der Waals surface area contributed by atoms with Gasteiger partial charge in [-0.25, -0.2) is 0 Å². The van der Waals surface area contributed by atoms with Gasteiger partial charge in [0.05, 0.1) is 30.3 Å². The minimum absolute atomic E-state index is 0.00704. The molecule has 2 bridgehead atoms. The standard InChI is InChI=1S/C30H46O6/c1-15-7-10-29-12-11-28(6)27(5)9-8-18-25(3,13-17(32)22(33)26(18,4)14-31)21(27)19-23(35-19)30(28,36-24(29)34)20(29)16(15)2/h15-23,31-33H,7-14H2,1-6H3. The van der Waals surface area contributed by atoms with Gasteiger partial charge >= 0.3 is 5.97 Å². The number of rotatable bonds is 1. The van der Waals surface area contributed by atoms with Crippen LogP contribution in [0.4, 0.5) is 0 Å². The van der Waals surface area contributed by atoms with Crippen LogP contribution in [0.1, 0.15) is 86.5 Å². The molecule has 6 heteroatoms. The van der Waals surface area contributed by atoms with Gasteiger partial charge in [-0.15, -0.1) is 0 Å². The van der Waals surface area contributed by atoms with E-state index in [0.29, 0.717) is 18.3 Å². The first kappa shape index (κ1) is 24.4. The summed E-state index contributed by atoms with van der Waals surface area (Å²) in [6.45, 7) is 13.7. The molecule has 0 radical (unpaired) electrons. The molecular weight excluding hydrogens is 456 g/mol. The second kappa shape index (κ2) is 6.71. The zero-order valence-corrected chi connectivity index (χ0v) is 22.9. The summed E-state index contributed by atoms with van der Waals surface area (Å²) < 4.78 is 13.5. The van der Waals surface area contributed by atoms with Gasteiger partial charge in [-0.05, 0) is 79.4 Å². The summed E-state index contributed by atoms with van der Waals surface area (Å²) in [5, 5.41) is 32.6. The quantitative estimate of drug-likeness (QED) is 0.374. The third kappa shape index (κ3) is 2.21. The SMILES string of the molecule is CC1CCC23CCC4(C)C5(C)CCC6C(C)(CO)C(O)C(O)CC6(C)C5C5OC5C4(OC2=O)C3C1C. The highest BCUT2D eigenvalue weighted by atomic mass is 16.6. The Morgan fingerprint density at radius 2 is 1.69 bits per heavy atom. The van der Waals surface area contributed by atoms with Crippen LogP contribution in [-0.2, 0) is 14.3 Å². The van der Waals surface area contributed by atoms with Crippen LogP contribution >= 0.6 is 0 Å². The molecule has 5 saturated carbocycles. The van der Waals surface area contributed by atoms with Crippen molar-refractivity contribution in [2.24, 2.45) is 56.7 Å². The maximum Gasteiger partial charge on any atom is 0.313 e. The fourth-order valence-electron chi connectivity index (χ4n) is 12.6. The summed E-state index contributed by atoms with van der Waals surface area (Å²) in [5.74, 6) is 1.48. The molecule has 36 heavy (non-hydrogen) atoms. The van der Waals surface area contributed by atoms with Crippen LogP contribution in [0.5, 0.6) is 0 Å². The van der Waals surface area contributed by atoms with Crippen LogP contribution in [-0.4, -0.2) is 57.9 Å². The Balaban J connectivity index is 1.39. The number of hydrogen-bond donors (Lipinski definition) is 3. The van der Waals surface area contributed by atoms with E-state index in [4.69, 9.17) is 9.47 Å². The molecule has 2 aliphatic heterocycles. The number of epoxide rings is 1. The monoisotopic (exact) mass is 502 g/mol. The molecule has 2 heterocycles. The van der Waals surface area contributed by atoms with Crippen molar-refractivity contribution >= 4 is 5.97 Å². The molecule has 1 spiro atoms. The van der Waals surface area contributed by atoms with Crippen molar-refractivity contribution in [3.05, 3.63) is 0 Å². The average Bonchev–Trinajstić information content (AvgIpc) is 3.57. The van der Waals surface area contributed by atoms with Crippen LogP contribution in [0.15, 0.2) is 0 Å². The van der Waals surface area contributed by atoms with Crippen LogP contribution in [0.25, 0.3) is 0 Å². The van der Waals surface area contributed by atoms with Crippen molar-refractivity contribution in [2.45, 2.75) is 117 Å². The molecule has 5 aliphatic carbocycles. The summed E-state index contributed by atoms with van der Waals surface area (Å²) in [6, 6.07) is 0. The van der Waals surface area contributed by atoms with Crippen LogP contribution in [0, 0.1) is 56.7 Å². The number of ether oxygens (including phenoxy) is 2. The molecular formula is C30H46O6. The zero-order valence-electron chi connectivity index (χ0n) is 22.9. The van der Waals surface area contributed by atoms with Crippen molar-refractivity contribution in [3.63, 3.8) is 0 Å². The number of aliphatic hydroxyl groups excluding tert-OH is 3. The molecule has 7 aliphatic rings. The van der Waals surface area contributed by atoms with Gasteiger partial charge in [-0.3, -0.25) is 4.79 Å². The van der Waals surface area contributed by atoms with Crippen LogP contribution in [0.3, 0.4) is 0 Å². The molecule has 202 valence electrons. The van der Waals surface area contributed by atoms with Crippen molar-refractivity contribution in [1.29, 1.82) is 0 Å². The lowest BCUT2D eigenvalue weighted by Gasteiger charge is -2.73. The second-order valence-electron chi connectivity index (χ2n) is 15.4. The van der Waals surface area contributed by atoms with Gasteiger partial charge in [0.1, 0.15) is 6.10 Å². The Kier molecular flexibility index (Phi) is 4.54. The minimum atomic E-state index is -0.929. The molecule has 7 fully saturated rings. The molecule has 0 amide bonds. The fourth-order valence-corrected chi connectivity index (χ4v) is 12.6. The lowest BCUT2D eigenvalue weighted by molar-refractivity contribution is -0.290. The van der Waals surface area contributed by atoms with E-state index >= 15 is 0 Å². The zero-order chi connectivity index (χ0) is 25.8. The summed E-state index contributed by atoms with van der Waals surface area (Å²) in [5.41, 5.74) is -2.32. The second-order valence-corrected chi connectivity index (χ2v) is 15.4. The third-order valence-electron chi connectivity index (χ3n) is 14.6. The molecule has 15 atom stereocenters. The topological polar surface area (TPSA) is 99.5 Å². The molecule has 6 nitrogen and oxygen atoms in total. The van der Waals surface area contributed by atoms with Crippen molar-refractivity contribution in [1.82, 2.24) is 0 Å². The first-order valence-electron chi connectivity index (χ1n) is 14.6. The molecule has 3 N–H and O–H groups in total. The summed E-state index contributed by atoms with van der Waals surface area (Å²) in [7, 11) is 0. The van der Waals surface area contributed by atoms with Crippen molar-refractivity contribution < 1.29 is 29.6 Å². The normalized spacial score (nSPS) is 66.9. The van der Waals surface area contributed by atoms with E-state index in [1.807, 2.05) is 6.92 Å². The number of carbonyl (C=O) groups is 1. The Labute approximate surface area is 215 Å². The highest BCUT2D eigenvalue weighted by Crippen LogP contribution is 2.83. The smallest absolute Gasteiger partial charge is 0.313 e. The summed E-state index contributed by atoms with van der Waals surface area (Å²) in [4.78, 5) is 13.8. The van der Waals surface area contributed by atoms with Gasteiger partial charge in [0.2, 0.25) is 0 Å². The number of carbonyl (C=O) groups excluding carboxylic acids is 1. The first-order chi connectivity index (χ1) is 16.8. The van der Waals surface area contributed by atoms with Gasteiger partial charge < -0.3 is 24.8 Å². The van der Waals surface area contributed by atoms with E-state index in [1.54, 1.807) is 0 Å². The van der Waals surface area contributed by atoms with E-state index in [1.165, 1.54) is 0 Å². The molecule has 7 rings (SSSR count). The molecule has 0 aromatic carbocycles. The number of aliphatic hydroxyl groups is 3. The first-order valence-corrected chi connectivity index (χ1v) is 14.6. The number of fused-ring (bicyclic) bond motifs is 6. The van der Waals surface area contributed by atoms with E-state index in [0.717, 1.165) is 38.5 Å². The lowest BCUT2D eigenvalue weighted by Crippen LogP contribution is -2.76. The predicted molar refractivity (Wildman–Crippen MR) is 133 cm³/mol. The van der Waals surface area contributed by atoms with Crippen molar-refractivity contribution in [3.8, 4) is 0 Å². The largest absolute Gasteiger partial charge is 0.455 e. The summed E-state index contributed by atoms with van der Waals surface area (Å²) in [6.07, 6.45) is 4.38. The lowest BCUT2D eigenvalue weighted by atomic mass is 9.30. The van der Waals surface area contributed by atoms with Gasteiger partial charge in [0.25, 0.3) is 0 Å². The Hall–Kier alpha value is -0.690. The number of hydrogen-bond acceptors (Lipinski definition) is 6. The molecule has 2 saturated heterocycles. The number of esters is 1. The molecule has 15 unspecified atom stereocenters.